The van der Waals surface area contributed by atoms with Crippen LogP contribution in [0.1, 0.15) is 12.6 Å². The first-order valence-electron chi connectivity index (χ1n) is 3.01. The van der Waals surface area contributed by atoms with Crippen molar-refractivity contribution in [3.63, 3.8) is 0 Å². The fourth-order valence-corrected chi connectivity index (χ4v) is 0.709. The van der Waals surface area contributed by atoms with E-state index in [1.54, 1.807) is 0 Å². The molecule has 1 rings (SSSR count). The minimum absolute atomic E-state index is 0.000000000000000222. The maximum atomic E-state index is 10.8. The van der Waals surface area contributed by atoms with Gasteiger partial charge in [-0.25, -0.2) is 4.98 Å². The van der Waals surface area contributed by atoms with Crippen molar-refractivity contribution in [3.8, 4) is 0 Å². The number of aromatic amines is 1. The van der Waals surface area contributed by atoms with Crippen LogP contribution in [0.2, 0.25) is 0 Å². The van der Waals surface area contributed by atoms with Crippen LogP contribution in [0.25, 0.3) is 0 Å². The summed E-state index contributed by atoms with van der Waals surface area (Å²) in [7, 11) is 0. The van der Waals surface area contributed by atoms with E-state index in [1.807, 2.05) is 0 Å². The maximum Gasteiger partial charge on any atom is 0.274 e. The minimum Gasteiger partial charge on any atom is -0.392 e. The van der Waals surface area contributed by atoms with Crippen LogP contribution >= 0.6 is 0 Å². The lowest BCUT2D eigenvalue weighted by molar-refractivity contribution is 1.10. The van der Waals surface area contributed by atoms with Crippen LogP contribution in [0.3, 0.4) is 0 Å². The SMILES string of the molecule is CC(=N)c1nc[nH]c(=O)c1N. The summed E-state index contributed by atoms with van der Waals surface area (Å²) in [6.45, 7) is 1.53. The molecule has 0 saturated carbocycles. The Bertz CT molecular complexity index is 341. The van der Waals surface area contributed by atoms with E-state index < -0.39 is 5.56 Å². The Hall–Kier alpha value is -1.65. The third kappa shape index (κ3) is 1.26. The Morgan fingerprint density at radius 3 is 2.91 bits per heavy atom. The van der Waals surface area contributed by atoms with Crippen LogP contribution in [0.5, 0.6) is 0 Å². The summed E-state index contributed by atoms with van der Waals surface area (Å²) in [6, 6.07) is 0. The molecule has 0 aliphatic heterocycles. The predicted molar refractivity (Wildman–Crippen MR) is 41.8 cm³/mol. The van der Waals surface area contributed by atoms with E-state index in [0.717, 1.165) is 0 Å². The van der Waals surface area contributed by atoms with Crippen molar-refractivity contribution in [2.24, 2.45) is 0 Å². The quantitative estimate of drug-likeness (QED) is 0.484. The molecule has 0 bridgehead atoms. The molecule has 0 radical (unpaired) electrons. The Labute approximate surface area is 62.8 Å². The molecule has 0 aliphatic rings. The lowest BCUT2D eigenvalue weighted by Gasteiger charge is -1.98. The standard InChI is InChI=1S/C6H8N4O/c1-3(7)5-4(8)6(11)10-2-9-5/h2,7H,8H2,1H3,(H,9,10,11). The molecule has 0 amide bonds. The van der Waals surface area contributed by atoms with Crippen molar-refractivity contribution < 1.29 is 0 Å². The van der Waals surface area contributed by atoms with Crippen molar-refractivity contribution in [1.82, 2.24) is 9.97 Å². The molecule has 1 aromatic rings. The van der Waals surface area contributed by atoms with E-state index in [4.69, 9.17) is 11.1 Å². The largest absolute Gasteiger partial charge is 0.392 e. The van der Waals surface area contributed by atoms with Gasteiger partial charge in [0, 0.05) is 0 Å². The van der Waals surface area contributed by atoms with Gasteiger partial charge >= 0.3 is 0 Å². The van der Waals surface area contributed by atoms with Gasteiger partial charge in [0.2, 0.25) is 0 Å². The Morgan fingerprint density at radius 1 is 1.82 bits per heavy atom. The van der Waals surface area contributed by atoms with E-state index in [2.05, 4.69) is 9.97 Å². The van der Waals surface area contributed by atoms with Gasteiger partial charge in [-0.3, -0.25) is 4.79 Å². The van der Waals surface area contributed by atoms with Crippen LogP contribution in [0.15, 0.2) is 11.1 Å². The molecule has 4 N–H and O–H groups in total. The molecule has 1 aromatic heterocycles. The van der Waals surface area contributed by atoms with Crippen LogP contribution < -0.4 is 11.3 Å². The average molecular weight is 152 g/mol. The first-order valence-corrected chi connectivity index (χ1v) is 3.01. The number of hydrogen-bond acceptors (Lipinski definition) is 4. The van der Waals surface area contributed by atoms with Crippen LogP contribution in [0, 0.1) is 5.41 Å². The highest BCUT2D eigenvalue weighted by Gasteiger charge is 2.04. The summed E-state index contributed by atoms with van der Waals surface area (Å²) >= 11 is 0. The van der Waals surface area contributed by atoms with Crippen LogP contribution in [-0.2, 0) is 0 Å². The molecular formula is C6H8N4O. The second kappa shape index (κ2) is 2.53. The zero-order valence-electron chi connectivity index (χ0n) is 6.01. The van der Waals surface area contributed by atoms with E-state index in [1.165, 1.54) is 13.3 Å². The van der Waals surface area contributed by atoms with Gasteiger partial charge in [-0.2, -0.15) is 0 Å². The van der Waals surface area contributed by atoms with Gasteiger partial charge in [0.1, 0.15) is 11.4 Å². The Balaban J connectivity index is 3.39. The Morgan fingerprint density at radius 2 is 2.45 bits per heavy atom. The summed E-state index contributed by atoms with van der Waals surface area (Å²) in [5, 5.41) is 7.18. The summed E-state index contributed by atoms with van der Waals surface area (Å²) in [5.74, 6) is 0. The third-order valence-electron chi connectivity index (χ3n) is 1.24. The van der Waals surface area contributed by atoms with Gasteiger partial charge in [-0.15, -0.1) is 0 Å². The van der Waals surface area contributed by atoms with E-state index in [0.29, 0.717) is 0 Å². The number of rotatable bonds is 1. The number of nitrogens with one attached hydrogen (secondary N) is 2. The highest BCUT2D eigenvalue weighted by atomic mass is 16.1. The monoisotopic (exact) mass is 152 g/mol. The molecule has 11 heavy (non-hydrogen) atoms. The molecule has 0 unspecified atom stereocenters. The molecule has 5 nitrogen and oxygen atoms in total. The molecular weight excluding hydrogens is 144 g/mol. The number of anilines is 1. The van der Waals surface area contributed by atoms with Crippen molar-refractivity contribution in [3.05, 3.63) is 22.4 Å². The fraction of sp³-hybridized carbons (Fsp3) is 0.167. The first-order chi connectivity index (χ1) is 5.13. The number of aromatic nitrogens is 2. The zero-order chi connectivity index (χ0) is 8.43. The smallest absolute Gasteiger partial charge is 0.274 e. The zero-order valence-corrected chi connectivity index (χ0v) is 6.01. The molecule has 5 heteroatoms. The number of H-pyrrole nitrogens is 1. The molecule has 0 aromatic carbocycles. The molecule has 0 spiro atoms. The molecule has 0 saturated heterocycles. The van der Waals surface area contributed by atoms with E-state index >= 15 is 0 Å². The van der Waals surface area contributed by atoms with E-state index in [9.17, 15) is 4.79 Å². The van der Waals surface area contributed by atoms with Gasteiger partial charge < -0.3 is 16.1 Å². The highest BCUT2D eigenvalue weighted by Crippen LogP contribution is 1.99. The summed E-state index contributed by atoms with van der Waals surface area (Å²) < 4.78 is 0. The number of nitrogens with two attached hydrogens (primary N) is 1. The third-order valence-corrected chi connectivity index (χ3v) is 1.24. The molecule has 0 atom stereocenters. The Kier molecular flexibility index (Phi) is 1.72. The second-order valence-electron chi connectivity index (χ2n) is 2.12. The molecule has 0 fully saturated rings. The predicted octanol–water partition coefficient (Wildman–Crippen LogP) is -0.260. The number of nitrogens with zero attached hydrogens (tertiary/aromatic N) is 1. The van der Waals surface area contributed by atoms with Gasteiger partial charge in [0.05, 0.1) is 12.0 Å². The summed E-state index contributed by atoms with van der Waals surface area (Å²) in [6.07, 6.45) is 1.23. The van der Waals surface area contributed by atoms with E-state index in [-0.39, 0.29) is 17.1 Å². The van der Waals surface area contributed by atoms with Gasteiger partial charge in [0.25, 0.3) is 5.56 Å². The molecule has 58 valence electrons. The van der Waals surface area contributed by atoms with Crippen molar-refractivity contribution in [2.75, 3.05) is 5.73 Å². The summed E-state index contributed by atoms with van der Waals surface area (Å²) in [5.41, 5.74) is 5.37. The van der Waals surface area contributed by atoms with Crippen molar-refractivity contribution in [2.45, 2.75) is 6.92 Å². The maximum absolute atomic E-state index is 10.8. The fourth-order valence-electron chi connectivity index (χ4n) is 0.709. The summed E-state index contributed by atoms with van der Waals surface area (Å²) in [4.78, 5) is 16.9. The molecule has 1 heterocycles. The van der Waals surface area contributed by atoms with Crippen LogP contribution in [0.4, 0.5) is 5.69 Å². The minimum atomic E-state index is -0.401. The van der Waals surface area contributed by atoms with Gasteiger partial charge in [-0.05, 0) is 6.92 Å². The first kappa shape index (κ1) is 7.46. The lowest BCUT2D eigenvalue weighted by Crippen LogP contribution is -2.17. The van der Waals surface area contributed by atoms with Crippen molar-refractivity contribution >= 4 is 11.4 Å². The van der Waals surface area contributed by atoms with Gasteiger partial charge in [0.15, 0.2) is 0 Å². The molecule has 0 aliphatic carbocycles. The number of hydrogen-bond donors (Lipinski definition) is 3. The normalized spacial score (nSPS) is 9.55. The van der Waals surface area contributed by atoms with Crippen molar-refractivity contribution in [1.29, 1.82) is 5.41 Å². The lowest BCUT2D eigenvalue weighted by atomic mass is 10.2. The number of nitrogen functional groups attached to an aromatic ring is 1. The average Bonchev–Trinajstić information content (AvgIpc) is 1.94. The van der Waals surface area contributed by atoms with Crippen LogP contribution in [-0.4, -0.2) is 15.7 Å². The highest BCUT2D eigenvalue weighted by molar-refractivity contribution is 5.98. The second-order valence-corrected chi connectivity index (χ2v) is 2.12. The topological polar surface area (TPSA) is 95.6 Å². The van der Waals surface area contributed by atoms with Gasteiger partial charge in [-0.1, -0.05) is 0 Å².